The van der Waals surface area contributed by atoms with E-state index < -0.39 is 0 Å². The molecule has 0 heterocycles. The molecule has 0 aromatic rings. The van der Waals surface area contributed by atoms with Crippen molar-refractivity contribution in [2.24, 2.45) is 11.3 Å². The Hall–Kier alpha value is -0.0800. The summed E-state index contributed by atoms with van der Waals surface area (Å²) in [7, 11) is 0. The van der Waals surface area contributed by atoms with Crippen molar-refractivity contribution >= 4 is 0 Å². The fourth-order valence-electron chi connectivity index (χ4n) is 3.30. The van der Waals surface area contributed by atoms with Crippen molar-refractivity contribution in [2.45, 2.75) is 70.9 Å². The predicted octanol–water partition coefficient (Wildman–Crippen LogP) is 2.71. The highest BCUT2D eigenvalue weighted by atomic mass is 16.3. The Kier molecular flexibility index (Phi) is 3.33. The summed E-state index contributed by atoms with van der Waals surface area (Å²) in [4.78, 5) is 0. The van der Waals surface area contributed by atoms with E-state index in [9.17, 15) is 5.11 Å². The fourth-order valence-corrected chi connectivity index (χ4v) is 3.30. The molecular weight excluding hydrogens is 198 g/mol. The molecule has 0 aromatic carbocycles. The summed E-state index contributed by atoms with van der Waals surface area (Å²) in [6.07, 6.45) is 7.81. The summed E-state index contributed by atoms with van der Waals surface area (Å²) in [6.45, 7) is 7.23. The number of aliphatic hydroxyl groups is 1. The molecule has 2 fully saturated rings. The Morgan fingerprint density at radius 3 is 2.50 bits per heavy atom. The molecule has 0 saturated heterocycles. The molecule has 2 heteroatoms. The van der Waals surface area contributed by atoms with Crippen LogP contribution in [0.5, 0.6) is 0 Å². The Morgan fingerprint density at radius 2 is 2.00 bits per heavy atom. The zero-order chi connectivity index (χ0) is 11.8. The van der Waals surface area contributed by atoms with Crippen molar-refractivity contribution in [1.29, 1.82) is 0 Å². The van der Waals surface area contributed by atoms with Crippen LogP contribution in [0.4, 0.5) is 0 Å². The molecule has 0 spiro atoms. The first kappa shape index (κ1) is 12.4. The first-order valence-corrected chi connectivity index (χ1v) is 6.84. The van der Waals surface area contributed by atoms with E-state index in [1.165, 1.54) is 38.5 Å². The molecule has 0 bridgehead atoms. The molecule has 2 aliphatic rings. The molecule has 2 atom stereocenters. The number of aliphatic hydroxyl groups excluding tert-OH is 1. The minimum atomic E-state index is -0.0158. The van der Waals surface area contributed by atoms with Crippen LogP contribution >= 0.6 is 0 Å². The Balaban J connectivity index is 1.92. The quantitative estimate of drug-likeness (QED) is 0.771. The summed E-state index contributed by atoms with van der Waals surface area (Å²) in [6, 6.07) is 0.612. The van der Waals surface area contributed by atoms with Crippen LogP contribution in [-0.2, 0) is 0 Å². The first-order chi connectivity index (χ1) is 7.45. The summed E-state index contributed by atoms with van der Waals surface area (Å²) in [5.41, 5.74) is 0.466. The summed E-state index contributed by atoms with van der Waals surface area (Å²) >= 11 is 0. The van der Waals surface area contributed by atoms with Gasteiger partial charge in [0.25, 0.3) is 0 Å². The van der Waals surface area contributed by atoms with Gasteiger partial charge >= 0.3 is 0 Å². The van der Waals surface area contributed by atoms with Gasteiger partial charge in [-0.2, -0.15) is 0 Å². The zero-order valence-electron chi connectivity index (χ0n) is 11.1. The maximum atomic E-state index is 9.59. The van der Waals surface area contributed by atoms with Gasteiger partial charge in [0.05, 0.1) is 6.61 Å². The van der Waals surface area contributed by atoms with Crippen LogP contribution in [0.1, 0.15) is 59.3 Å². The largest absolute Gasteiger partial charge is 0.394 e. The Labute approximate surface area is 99.8 Å². The molecule has 2 aliphatic carbocycles. The number of hydrogen-bond acceptors (Lipinski definition) is 2. The molecule has 2 unspecified atom stereocenters. The van der Waals surface area contributed by atoms with E-state index in [4.69, 9.17) is 0 Å². The molecule has 0 aliphatic heterocycles. The summed E-state index contributed by atoms with van der Waals surface area (Å²) < 4.78 is 0. The minimum Gasteiger partial charge on any atom is -0.394 e. The zero-order valence-corrected chi connectivity index (χ0v) is 11.1. The van der Waals surface area contributed by atoms with Crippen molar-refractivity contribution in [3.05, 3.63) is 0 Å². The third-order valence-corrected chi connectivity index (χ3v) is 4.55. The maximum absolute atomic E-state index is 9.59. The van der Waals surface area contributed by atoms with E-state index in [-0.39, 0.29) is 12.1 Å². The van der Waals surface area contributed by atoms with Gasteiger partial charge in [-0.15, -0.1) is 0 Å². The minimum absolute atomic E-state index is 0.0158. The Morgan fingerprint density at radius 1 is 1.31 bits per heavy atom. The van der Waals surface area contributed by atoms with Crippen molar-refractivity contribution < 1.29 is 5.11 Å². The van der Waals surface area contributed by atoms with Gasteiger partial charge in [0, 0.05) is 11.6 Å². The predicted molar refractivity (Wildman–Crippen MR) is 67.4 cm³/mol. The van der Waals surface area contributed by atoms with Gasteiger partial charge in [0.15, 0.2) is 0 Å². The highest BCUT2D eigenvalue weighted by Gasteiger charge is 2.43. The molecule has 94 valence electrons. The van der Waals surface area contributed by atoms with Gasteiger partial charge in [-0.3, -0.25) is 0 Å². The topological polar surface area (TPSA) is 32.3 Å². The van der Waals surface area contributed by atoms with Gasteiger partial charge in [0.2, 0.25) is 0 Å². The number of nitrogens with one attached hydrogen (secondary N) is 1. The Bertz CT molecular complexity index is 247. The van der Waals surface area contributed by atoms with Crippen LogP contribution in [0.15, 0.2) is 0 Å². The molecule has 0 radical (unpaired) electrons. The highest BCUT2D eigenvalue weighted by molar-refractivity contribution is 5.00. The van der Waals surface area contributed by atoms with Gasteiger partial charge in [0.1, 0.15) is 0 Å². The average Bonchev–Trinajstić information content (AvgIpc) is 2.99. The molecule has 0 amide bonds. The second kappa shape index (κ2) is 4.30. The van der Waals surface area contributed by atoms with Crippen LogP contribution < -0.4 is 5.32 Å². The molecule has 2 rings (SSSR count). The second-order valence-electron chi connectivity index (χ2n) is 6.95. The lowest BCUT2D eigenvalue weighted by Gasteiger charge is -2.41. The first-order valence-electron chi connectivity index (χ1n) is 6.84. The van der Waals surface area contributed by atoms with Crippen LogP contribution in [0.3, 0.4) is 0 Å². The van der Waals surface area contributed by atoms with E-state index in [0.29, 0.717) is 17.4 Å². The average molecular weight is 225 g/mol. The van der Waals surface area contributed by atoms with Crippen LogP contribution in [0, 0.1) is 11.3 Å². The molecule has 0 aromatic heterocycles. The number of rotatable bonds is 4. The smallest absolute Gasteiger partial charge is 0.0613 e. The van der Waals surface area contributed by atoms with Gasteiger partial charge < -0.3 is 10.4 Å². The van der Waals surface area contributed by atoms with Crippen LogP contribution in [0.25, 0.3) is 0 Å². The van der Waals surface area contributed by atoms with Crippen molar-refractivity contribution in [3.8, 4) is 0 Å². The normalized spacial score (nSPS) is 33.4. The van der Waals surface area contributed by atoms with Crippen molar-refractivity contribution in [1.82, 2.24) is 5.32 Å². The third-order valence-electron chi connectivity index (χ3n) is 4.55. The molecule has 16 heavy (non-hydrogen) atoms. The van der Waals surface area contributed by atoms with E-state index in [2.05, 4.69) is 26.1 Å². The van der Waals surface area contributed by atoms with Gasteiger partial charge in [-0.05, 0) is 50.4 Å². The SMILES string of the molecule is CC1(C)CCCC(NC(C)(CO)C2CC2)C1. The third kappa shape index (κ3) is 2.78. The van der Waals surface area contributed by atoms with E-state index >= 15 is 0 Å². The van der Waals surface area contributed by atoms with E-state index in [0.717, 1.165) is 0 Å². The van der Waals surface area contributed by atoms with Crippen molar-refractivity contribution in [2.75, 3.05) is 6.61 Å². The molecule has 2 saturated carbocycles. The summed E-state index contributed by atoms with van der Waals surface area (Å²) in [5, 5.41) is 13.3. The van der Waals surface area contributed by atoms with Gasteiger partial charge in [-0.1, -0.05) is 20.3 Å². The van der Waals surface area contributed by atoms with Gasteiger partial charge in [-0.25, -0.2) is 0 Å². The van der Waals surface area contributed by atoms with Crippen LogP contribution in [0.2, 0.25) is 0 Å². The number of hydrogen-bond donors (Lipinski definition) is 2. The lowest BCUT2D eigenvalue weighted by atomic mass is 9.74. The van der Waals surface area contributed by atoms with Crippen LogP contribution in [-0.4, -0.2) is 23.3 Å². The van der Waals surface area contributed by atoms with E-state index in [1.54, 1.807) is 0 Å². The highest BCUT2D eigenvalue weighted by Crippen LogP contribution is 2.41. The lowest BCUT2D eigenvalue weighted by molar-refractivity contribution is 0.109. The molecular formula is C14H27NO. The monoisotopic (exact) mass is 225 g/mol. The molecule has 2 N–H and O–H groups in total. The summed E-state index contributed by atoms with van der Waals surface area (Å²) in [5.74, 6) is 0.711. The second-order valence-corrected chi connectivity index (χ2v) is 6.95. The van der Waals surface area contributed by atoms with Crippen molar-refractivity contribution in [3.63, 3.8) is 0 Å². The maximum Gasteiger partial charge on any atom is 0.0613 e. The lowest BCUT2D eigenvalue weighted by Crippen LogP contribution is -2.54. The molecule has 2 nitrogen and oxygen atoms in total. The fraction of sp³-hybridized carbons (Fsp3) is 1.00. The van der Waals surface area contributed by atoms with E-state index in [1.807, 2.05) is 0 Å². The standard InChI is InChI=1S/C14H27NO/c1-13(2)8-4-5-12(9-13)15-14(3,10-16)11-6-7-11/h11-12,15-16H,4-10H2,1-3H3.